The fourth-order valence-corrected chi connectivity index (χ4v) is 12.9. The average molecular weight is 1070 g/mol. The summed E-state index contributed by atoms with van der Waals surface area (Å²) in [6.45, 7) is 0. The molecule has 0 saturated heterocycles. The second kappa shape index (κ2) is 20.4. The molecule has 0 unspecified atom stereocenters. The molecule has 0 aliphatic heterocycles. The maximum atomic E-state index is 2.44. The van der Waals surface area contributed by atoms with E-state index in [-0.39, 0.29) is 0 Å². The molecule has 4 nitrogen and oxygen atoms in total. The minimum atomic E-state index is 1.07. The van der Waals surface area contributed by atoms with E-state index in [1.165, 1.54) is 76.4 Å². The van der Waals surface area contributed by atoms with Crippen LogP contribution in [0.1, 0.15) is 0 Å². The standard InChI is InChI=1S/C80H54N4/c1-2-17-55(18-3-1)59-39-45-64(46-40-59)81(66-23-14-25-68(53-66)83-76-31-11-8-27-73(76)74-28-9-12-32-77(74)83)65-47-41-60(42-48-65)58-35-37-61(38-36-58)72-30-16-34-79-80(72)75-29-10-13-33-78(75)84(79)69-26-15-24-67(54-69)82(70-49-43-56-19-4-6-21-62(56)51-70)71-50-44-57-20-5-7-22-63(57)52-71/h1-54H. The minimum absolute atomic E-state index is 1.07. The van der Waals surface area contributed by atoms with Gasteiger partial charge in [-0.25, -0.2) is 0 Å². The van der Waals surface area contributed by atoms with Gasteiger partial charge in [-0.3, -0.25) is 0 Å². The van der Waals surface area contributed by atoms with E-state index in [9.17, 15) is 0 Å². The summed E-state index contributed by atoms with van der Waals surface area (Å²) < 4.78 is 4.83. The first-order valence-corrected chi connectivity index (χ1v) is 28.8. The van der Waals surface area contributed by atoms with E-state index >= 15 is 0 Å². The fourth-order valence-electron chi connectivity index (χ4n) is 12.9. The number of aromatic nitrogens is 2. The molecule has 0 atom stereocenters. The SMILES string of the molecule is c1ccc(-c2ccc(N(c3ccc(-c4ccc(-c5cccc6c5c5ccccc5n6-c5cccc(N(c6ccc7ccccc7c6)c6ccc7ccccc7c6)c5)cc4)cc3)c3cccc(-n4c5ccccc5c5ccccc54)c3)cc2)cc1. The Morgan fingerprint density at radius 2 is 0.560 bits per heavy atom. The predicted octanol–water partition coefficient (Wildman–Crippen LogP) is 22.1. The van der Waals surface area contributed by atoms with Gasteiger partial charge in [0.05, 0.1) is 22.1 Å². The number of nitrogens with zero attached hydrogens (tertiary/aromatic N) is 4. The molecule has 0 aliphatic carbocycles. The number of anilines is 6. The van der Waals surface area contributed by atoms with Crippen molar-refractivity contribution in [2.24, 2.45) is 0 Å². The summed E-state index contributed by atoms with van der Waals surface area (Å²) in [7, 11) is 0. The monoisotopic (exact) mass is 1070 g/mol. The van der Waals surface area contributed by atoms with Gasteiger partial charge in [-0.15, -0.1) is 0 Å². The van der Waals surface area contributed by atoms with Crippen LogP contribution in [0.4, 0.5) is 34.1 Å². The van der Waals surface area contributed by atoms with Crippen molar-refractivity contribution in [2.45, 2.75) is 0 Å². The van der Waals surface area contributed by atoms with Gasteiger partial charge in [0, 0.05) is 67.0 Å². The summed E-state index contributed by atoms with van der Waals surface area (Å²) in [6, 6.07) is 119. The van der Waals surface area contributed by atoms with Crippen LogP contribution in [-0.2, 0) is 0 Å². The molecule has 0 amide bonds. The Hall–Kier alpha value is -11.2. The van der Waals surface area contributed by atoms with Crippen LogP contribution in [0, 0.1) is 0 Å². The lowest BCUT2D eigenvalue weighted by Gasteiger charge is -2.27. The van der Waals surface area contributed by atoms with E-state index in [0.29, 0.717) is 0 Å². The molecule has 0 saturated carbocycles. The highest BCUT2D eigenvalue weighted by molar-refractivity contribution is 6.16. The van der Waals surface area contributed by atoms with Crippen molar-refractivity contribution in [2.75, 3.05) is 9.80 Å². The van der Waals surface area contributed by atoms with Crippen molar-refractivity contribution in [3.05, 3.63) is 328 Å². The van der Waals surface area contributed by atoms with E-state index in [0.717, 1.165) is 67.7 Å². The molecule has 394 valence electrons. The van der Waals surface area contributed by atoms with Crippen LogP contribution in [0.2, 0.25) is 0 Å². The molecule has 16 rings (SSSR count). The molecular weight excluding hydrogens is 1020 g/mol. The van der Waals surface area contributed by atoms with Gasteiger partial charge < -0.3 is 18.9 Å². The Balaban J connectivity index is 0.751. The third-order valence-electron chi connectivity index (χ3n) is 16.8. The number of rotatable bonds is 11. The van der Waals surface area contributed by atoms with Gasteiger partial charge in [-0.1, -0.05) is 218 Å². The van der Waals surface area contributed by atoms with Gasteiger partial charge in [0.25, 0.3) is 0 Å². The quantitative estimate of drug-likeness (QED) is 0.128. The Morgan fingerprint density at radius 3 is 1.10 bits per heavy atom. The van der Waals surface area contributed by atoms with Gasteiger partial charge in [-0.2, -0.15) is 0 Å². The first kappa shape index (κ1) is 48.7. The number of hydrogen-bond donors (Lipinski definition) is 0. The van der Waals surface area contributed by atoms with E-state index < -0.39 is 0 Å². The van der Waals surface area contributed by atoms with E-state index in [2.05, 4.69) is 347 Å². The highest BCUT2D eigenvalue weighted by Gasteiger charge is 2.21. The lowest BCUT2D eigenvalue weighted by Crippen LogP contribution is -2.10. The number of para-hydroxylation sites is 3. The maximum Gasteiger partial charge on any atom is 0.0547 e. The number of benzene rings is 14. The van der Waals surface area contributed by atoms with Gasteiger partial charge >= 0.3 is 0 Å². The highest BCUT2D eigenvalue weighted by Crippen LogP contribution is 2.44. The molecule has 16 aromatic rings. The van der Waals surface area contributed by atoms with Crippen LogP contribution >= 0.6 is 0 Å². The van der Waals surface area contributed by atoms with Gasteiger partial charge in [-0.05, 0) is 164 Å². The Kier molecular flexibility index (Phi) is 11.8. The first-order chi connectivity index (χ1) is 41.6. The van der Waals surface area contributed by atoms with Crippen molar-refractivity contribution in [1.82, 2.24) is 9.13 Å². The zero-order valence-corrected chi connectivity index (χ0v) is 46.0. The second-order valence-electron chi connectivity index (χ2n) is 21.7. The lowest BCUT2D eigenvalue weighted by molar-refractivity contribution is 1.17. The van der Waals surface area contributed by atoms with E-state index in [4.69, 9.17) is 0 Å². The second-order valence-corrected chi connectivity index (χ2v) is 21.7. The van der Waals surface area contributed by atoms with Crippen LogP contribution in [0.5, 0.6) is 0 Å². The number of hydrogen-bond acceptors (Lipinski definition) is 2. The predicted molar refractivity (Wildman–Crippen MR) is 356 cm³/mol. The third-order valence-corrected chi connectivity index (χ3v) is 16.8. The molecule has 0 radical (unpaired) electrons. The number of fused-ring (bicyclic) bond motifs is 8. The Labute approximate surface area is 487 Å². The molecule has 2 aromatic heterocycles. The van der Waals surface area contributed by atoms with Crippen LogP contribution < -0.4 is 9.80 Å². The van der Waals surface area contributed by atoms with Crippen LogP contribution in [0.15, 0.2) is 328 Å². The summed E-state index contributed by atoms with van der Waals surface area (Å²) in [6.07, 6.45) is 0. The molecule has 4 heteroatoms. The Bertz CT molecular complexity index is 5000. The van der Waals surface area contributed by atoms with Crippen molar-refractivity contribution < 1.29 is 0 Å². The Morgan fingerprint density at radius 1 is 0.202 bits per heavy atom. The van der Waals surface area contributed by atoms with E-state index in [1.54, 1.807) is 0 Å². The molecule has 84 heavy (non-hydrogen) atoms. The van der Waals surface area contributed by atoms with Crippen molar-refractivity contribution in [3.63, 3.8) is 0 Å². The molecular formula is C80H54N4. The fraction of sp³-hybridized carbons (Fsp3) is 0. The molecule has 0 fully saturated rings. The first-order valence-electron chi connectivity index (χ1n) is 28.8. The summed E-state index contributed by atoms with van der Waals surface area (Å²) >= 11 is 0. The summed E-state index contributed by atoms with van der Waals surface area (Å²) in [4.78, 5) is 4.77. The largest absolute Gasteiger partial charge is 0.310 e. The van der Waals surface area contributed by atoms with Gasteiger partial charge in [0.1, 0.15) is 0 Å². The van der Waals surface area contributed by atoms with Crippen LogP contribution in [0.3, 0.4) is 0 Å². The van der Waals surface area contributed by atoms with Crippen molar-refractivity contribution in [3.8, 4) is 44.8 Å². The zero-order chi connectivity index (χ0) is 55.5. The van der Waals surface area contributed by atoms with Crippen molar-refractivity contribution in [1.29, 1.82) is 0 Å². The molecule has 2 heterocycles. The zero-order valence-electron chi connectivity index (χ0n) is 46.0. The van der Waals surface area contributed by atoms with Gasteiger partial charge in [0.15, 0.2) is 0 Å². The molecule has 0 aliphatic rings. The van der Waals surface area contributed by atoms with Crippen LogP contribution in [-0.4, -0.2) is 9.13 Å². The summed E-state index contributed by atoms with van der Waals surface area (Å²) in [5, 5.41) is 9.79. The smallest absolute Gasteiger partial charge is 0.0547 e. The minimum Gasteiger partial charge on any atom is -0.310 e. The normalized spacial score (nSPS) is 11.6. The third kappa shape index (κ3) is 8.47. The lowest BCUT2D eigenvalue weighted by atomic mass is 9.97. The molecule has 0 N–H and O–H groups in total. The molecule has 0 spiro atoms. The van der Waals surface area contributed by atoms with E-state index in [1.807, 2.05) is 0 Å². The highest BCUT2D eigenvalue weighted by atomic mass is 15.2. The topological polar surface area (TPSA) is 16.3 Å². The van der Waals surface area contributed by atoms with Crippen LogP contribution in [0.25, 0.3) is 110 Å². The average Bonchev–Trinajstić information content (AvgIpc) is 3.11. The summed E-state index contributed by atoms with van der Waals surface area (Å²) in [5.74, 6) is 0. The van der Waals surface area contributed by atoms with Crippen molar-refractivity contribution >= 4 is 99.3 Å². The molecule has 14 aromatic carbocycles. The summed E-state index contributed by atoms with van der Waals surface area (Å²) in [5.41, 5.74) is 20.5. The van der Waals surface area contributed by atoms with Gasteiger partial charge in [0.2, 0.25) is 0 Å². The maximum absolute atomic E-state index is 2.44. The molecule has 0 bridgehead atoms.